The van der Waals surface area contributed by atoms with Crippen LogP contribution in [0, 0.1) is 5.92 Å². The lowest BCUT2D eigenvalue weighted by atomic mass is 10.0. The Balaban J connectivity index is 1.60. The van der Waals surface area contributed by atoms with Crippen molar-refractivity contribution in [3.8, 4) is 0 Å². The van der Waals surface area contributed by atoms with Crippen LogP contribution in [0.1, 0.15) is 40.5 Å². The third kappa shape index (κ3) is 5.42. The number of nitrogens with zero attached hydrogens (tertiary/aromatic N) is 1. The molecule has 1 heterocycles. The summed E-state index contributed by atoms with van der Waals surface area (Å²) >= 11 is 11.8. The van der Waals surface area contributed by atoms with Crippen LogP contribution in [-0.2, 0) is 14.3 Å². The fourth-order valence-electron chi connectivity index (χ4n) is 3.15. The Labute approximate surface area is 189 Å². The van der Waals surface area contributed by atoms with Gasteiger partial charge in [-0.3, -0.25) is 29.6 Å². The van der Waals surface area contributed by atoms with Gasteiger partial charge in [0.2, 0.25) is 11.7 Å². The minimum Gasteiger partial charge on any atom is -0.454 e. The summed E-state index contributed by atoms with van der Waals surface area (Å²) < 4.78 is 5.40. The highest BCUT2D eigenvalue weighted by atomic mass is 35.5. The van der Waals surface area contributed by atoms with E-state index in [1.54, 1.807) is 37.3 Å². The SMILES string of the molecule is CCC(OC(=O)C1CC(=O)N(NC(=O)c2ccc(Cl)c(Cl)c2)C1)C(=O)c1ccccc1. The molecule has 0 radical (unpaired) electrons. The number of hydrogen-bond donors (Lipinski definition) is 1. The Morgan fingerprint density at radius 1 is 1.10 bits per heavy atom. The Kier molecular flexibility index (Phi) is 7.30. The summed E-state index contributed by atoms with van der Waals surface area (Å²) in [5.41, 5.74) is 3.12. The first-order chi connectivity index (χ1) is 14.8. The first kappa shape index (κ1) is 22.8. The number of ether oxygens (including phenoxy) is 1. The van der Waals surface area contributed by atoms with Gasteiger partial charge in [0.05, 0.1) is 22.5 Å². The van der Waals surface area contributed by atoms with E-state index in [1.807, 2.05) is 0 Å². The Morgan fingerprint density at radius 2 is 1.81 bits per heavy atom. The molecule has 1 N–H and O–H groups in total. The largest absolute Gasteiger partial charge is 0.454 e. The molecule has 1 aliphatic heterocycles. The number of carbonyl (C=O) groups is 4. The van der Waals surface area contributed by atoms with Gasteiger partial charge in [0.15, 0.2) is 6.10 Å². The normalized spacial score (nSPS) is 16.7. The van der Waals surface area contributed by atoms with E-state index in [9.17, 15) is 19.2 Å². The maximum atomic E-state index is 12.6. The van der Waals surface area contributed by atoms with Gasteiger partial charge in [-0.25, -0.2) is 0 Å². The summed E-state index contributed by atoms with van der Waals surface area (Å²) in [7, 11) is 0. The van der Waals surface area contributed by atoms with Crippen molar-refractivity contribution < 1.29 is 23.9 Å². The van der Waals surface area contributed by atoms with Gasteiger partial charge in [-0.15, -0.1) is 0 Å². The van der Waals surface area contributed by atoms with E-state index in [-0.39, 0.29) is 29.3 Å². The average Bonchev–Trinajstić information content (AvgIpc) is 3.14. The number of rotatable bonds is 7. The Hall–Kier alpha value is -2.90. The predicted molar refractivity (Wildman–Crippen MR) is 115 cm³/mol. The second kappa shape index (κ2) is 9.94. The van der Waals surface area contributed by atoms with Gasteiger partial charge >= 0.3 is 5.97 Å². The molecule has 0 aromatic heterocycles. The summed E-state index contributed by atoms with van der Waals surface area (Å²) in [6.45, 7) is 1.68. The number of Topliss-reactive ketones (excluding diaryl/α,β-unsaturated/α-hetero) is 1. The van der Waals surface area contributed by atoms with Crippen molar-refractivity contribution in [3.63, 3.8) is 0 Å². The molecule has 1 aliphatic rings. The molecule has 1 fully saturated rings. The third-order valence-corrected chi connectivity index (χ3v) is 5.60. The van der Waals surface area contributed by atoms with Crippen LogP contribution in [0.4, 0.5) is 0 Å². The third-order valence-electron chi connectivity index (χ3n) is 4.86. The first-order valence-electron chi connectivity index (χ1n) is 9.66. The number of hydrogen-bond acceptors (Lipinski definition) is 5. The van der Waals surface area contributed by atoms with Gasteiger partial charge < -0.3 is 4.74 Å². The average molecular weight is 463 g/mol. The zero-order chi connectivity index (χ0) is 22.5. The molecule has 0 aliphatic carbocycles. The standard InChI is InChI=1S/C22H20Cl2N2O5/c1-2-18(20(28)13-6-4-3-5-7-13)31-22(30)15-11-19(27)26(12-15)25-21(29)14-8-9-16(23)17(24)10-14/h3-10,15,18H,2,11-12H2,1H3,(H,25,29). The first-order valence-corrected chi connectivity index (χ1v) is 10.4. The van der Waals surface area contributed by atoms with Crippen molar-refractivity contribution in [2.45, 2.75) is 25.9 Å². The molecule has 2 aromatic rings. The van der Waals surface area contributed by atoms with E-state index < -0.39 is 29.8 Å². The number of amides is 2. The van der Waals surface area contributed by atoms with Gasteiger partial charge in [-0.1, -0.05) is 60.5 Å². The predicted octanol–water partition coefficient (Wildman–Crippen LogP) is 3.69. The molecule has 2 unspecified atom stereocenters. The molecule has 0 spiro atoms. The molecule has 2 atom stereocenters. The van der Waals surface area contributed by atoms with Crippen LogP contribution >= 0.6 is 23.2 Å². The molecule has 0 saturated carbocycles. The number of carbonyl (C=O) groups excluding carboxylic acids is 4. The lowest BCUT2D eigenvalue weighted by Gasteiger charge is -2.19. The Bertz CT molecular complexity index is 1010. The molecule has 3 rings (SSSR count). The lowest BCUT2D eigenvalue weighted by molar-refractivity contribution is -0.151. The van der Waals surface area contributed by atoms with Crippen molar-refractivity contribution >= 4 is 46.8 Å². The summed E-state index contributed by atoms with van der Waals surface area (Å²) in [6.07, 6.45) is -0.765. The van der Waals surface area contributed by atoms with Crippen LogP contribution in [0.25, 0.3) is 0 Å². The van der Waals surface area contributed by atoms with Gasteiger partial charge in [0.1, 0.15) is 0 Å². The molecule has 7 nitrogen and oxygen atoms in total. The van der Waals surface area contributed by atoms with Crippen LogP contribution in [0.15, 0.2) is 48.5 Å². The van der Waals surface area contributed by atoms with Gasteiger partial charge in [0, 0.05) is 17.5 Å². The molecule has 1 saturated heterocycles. The van der Waals surface area contributed by atoms with Gasteiger partial charge in [0.25, 0.3) is 5.91 Å². The van der Waals surface area contributed by atoms with Crippen LogP contribution in [-0.4, -0.2) is 41.2 Å². The highest BCUT2D eigenvalue weighted by Gasteiger charge is 2.38. The summed E-state index contributed by atoms with van der Waals surface area (Å²) in [6, 6.07) is 12.9. The van der Waals surface area contributed by atoms with E-state index in [4.69, 9.17) is 27.9 Å². The van der Waals surface area contributed by atoms with Crippen LogP contribution in [0.3, 0.4) is 0 Å². The molecule has 2 amide bonds. The lowest BCUT2D eigenvalue weighted by Crippen LogP contribution is -2.43. The Morgan fingerprint density at radius 3 is 2.45 bits per heavy atom. The van der Waals surface area contributed by atoms with E-state index in [2.05, 4.69) is 5.43 Å². The van der Waals surface area contributed by atoms with Crippen molar-refractivity contribution in [2.24, 2.45) is 5.92 Å². The molecule has 162 valence electrons. The van der Waals surface area contributed by atoms with Crippen LogP contribution in [0.5, 0.6) is 0 Å². The summed E-state index contributed by atoms with van der Waals surface area (Å²) in [4.78, 5) is 49.8. The monoisotopic (exact) mass is 462 g/mol. The highest BCUT2D eigenvalue weighted by molar-refractivity contribution is 6.42. The second-order valence-corrected chi connectivity index (χ2v) is 7.85. The number of nitrogens with one attached hydrogen (secondary N) is 1. The van der Waals surface area contributed by atoms with Crippen LogP contribution in [0.2, 0.25) is 10.0 Å². The topological polar surface area (TPSA) is 92.8 Å². The number of esters is 1. The molecular weight excluding hydrogens is 443 g/mol. The quantitative estimate of drug-likeness (QED) is 0.500. The fraction of sp³-hybridized carbons (Fsp3) is 0.273. The van der Waals surface area contributed by atoms with E-state index in [0.717, 1.165) is 5.01 Å². The zero-order valence-electron chi connectivity index (χ0n) is 16.6. The number of hydrazine groups is 1. The fourth-order valence-corrected chi connectivity index (χ4v) is 3.44. The molecule has 2 aromatic carbocycles. The number of halogens is 2. The van der Waals surface area contributed by atoms with Gasteiger partial charge in [-0.2, -0.15) is 0 Å². The van der Waals surface area contributed by atoms with Crippen molar-refractivity contribution in [2.75, 3.05) is 6.54 Å². The maximum absolute atomic E-state index is 12.6. The van der Waals surface area contributed by atoms with Gasteiger partial charge in [-0.05, 0) is 24.6 Å². The zero-order valence-corrected chi connectivity index (χ0v) is 18.2. The maximum Gasteiger partial charge on any atom is 0.312 e. The summed E-state index contributed by atoms with van der Waals surface area (Å²) in [5, 5.41) is 1.57. The number of ketones is 1. The van der Waals surface area contributed by atoms with E-state index >= 15 is 0 Å². The minimum atomic E-state index is -0.940. The van der Waals surface area contributed by atoms with Crippen molar-refractivity contribution in [1.29, 1.82) is 0 Å². The molecule has 0 bridgehead atoms. The molecular formula is C22H20Cl2N2O5. The number of benzene rings is 2. The smallest absolute Gasteiger partial charge is 0.312 e. The van der Waals surface area contributed by atoms with E-state index in [1.165, 1.54) is 18.2 Å². The van der Waals surface area contributed by atoms with E-state index in [0.29, 0.717) is 17.0 Å². The second-order valence-electron chi connectivity index (χ2n) is 7.04. The molecule has 9 heteroatoms. The van der Waals surface area contributed by atoms with Crippen LogP contribution < -0.4 is 5.43 Å². The summed E-state index contributed by atoms with van der Waals surface area (Å²) in [5.74, 6) is -2.75. The molecule has 31 heavy (non-hydrogen) atoms. The van der Waals surface area contributed by atoms with Crippen molar-refractivity contribution in [1.82, 2.24) is 10.4 Å². The van der Waals surface area contributed by atoms with Crippen molar-refractivity contribution in [3.05, 3.63) is 69.7 Å². The highest BCUT2D eigenvalue weighted by Crippen LogP contribution is 2.23. The minimum absolute atomic E-state index is 0.0549.